The summed E-state index contributed by atoms with van der Waals surface area (Å²) in [5.41, 5.74) is 0.866. The Bertz CT molecular complexity index is 828. The number of sulfone groups is 1. The van der Waals surface area contributed by atoms with Crippen LogP contribution in [0.3, 0.4) is 0 Å². The predicted octanol–water partition coefficient (Wildman–Crippen LogP) is -0.152. The van der Waals surface area contributed by atoms with E-state index in [1.165, 1.54) is 4.90 Å². The molecule has 1 aromatic carbocycles. The van der Waals surface area contributed by atoms with Gasteiger partial charge in [-0.05, 0) is 41.7 Å². The first kappa shape index (κ1) is 16.3. The number of hydrogen-bond donors (Lipinski definition) is 1. The van der Waals surface area contributed by atoms with Crippen LogP contribution in [0, 0.1) is 4.77 Å². The molecule has 0 spiro atoms. The van der Waals surface area contributed by atoms with Crippen LogP contribution in [0.15, 0.2) is 30.3 Å². The topological polar surface area (TPSA) is 74.2 Å². The predicted molar refractivity (Wildman–Crippen MR) is 88.7 cm³/mol. The number of aromatic nitrogens is 4. The second-order valence-corrected chi connectivity index (χ2v) is 8.37. The van der Waals surface area contributed by atoms with Crippen LogP contribution in [-0.2, 0) is 16.5 Å². The Morgan fingerprint density at radius 3 is 2.65 bits per heavy atom. The van der Waals surface area contributed by atoms with Gasteiger partial charge in [0.2, 0.25) is 4.77 Å². The molecule has 2 atom stereocenters. The summed E-state index contributed by atoms with van der Waals surface area (Å²) in [6, 6.07) is 9.72. The molecule has 7 nitrogen and oxygen atoms in total. The van der Waals surface area contributed by atoms with Gasteiger partial charge in [-0.25, -0.2) is 8.42 Å². The van der Waals surface area contributed by atoms with Crippen molar-refractivity contribution < 1.29 is 13.3 Å². The molecule has 1 saturated heterocycles. The van der Waals surface area contributed by atoms with Crippen molar-refractivity contribution in [3.8, 4) is 5.69 Å². The summed E-state index contributed by atoms with van der Waals surface area (Å²) in [6.45, 7) is 3.40. The minimum atomic E-state index is -2.89. The molecule has 1 unspecified atom stereocenters. The first-order valence-corrected chi connectivity index (χ1v) is 9.86. The lowest BCUT2D eigenvalue weighted by atomic mass is 10.2. The van der Waals surface area contributed by atoms with Crippen LogP contribution in [0.25, 0.3) is 5.69 Å². The summed E-state index contributed by atoms with van der Waals surface area (Å²) in [5, 5.41) is 8.27. The molecular weight excluding hydrogens is 334 g/mol. The number of nitrogens with one attached hydrogen (secondary N) is 1. The molecule has 1 aliphatic rings. The van der Waals surface area contributed by atoms with E-state index in [4.69, 9.17) is 12.2 Å². The van der Waals surface area contributed by atoms with Crippen LogP contribution in [0.4, 0.5) is 0 Å². The first-order chi connectivity index (χ1) is 11.0. The van der Waals surface area contributed by atoms with Gasteiger partial charge in [-0.15, -0.1) is 0 Å². The van der Waals surface area contributed by atoms with Gasteiger partial charge in [0.1, 0.15) is 11.8 Å². The summed E-state index contributed by atoms with van der Waals surface area (Å²) in [4.78, 5) is 1.17. The maximum atomic E-state index is 11.7. The smallest absolute Gasteiger partial charge is 0.225 e. The molecule has 23 heavy (non-hydrogen) atoms. The lowest BCUT2D eigenvalue weighted by Crippen LogP contribution is -3.15. The number of para-hydroxylation sites is 1. The molecule has 0 aliphatic carbocycles. The highest BCUT2D eigenvalue weighted by Crippen LogP contribution is 2.09. The van der Waals surface area contributed by atoms with E-state index in [1.54, 1.807) is 9.36 Å². The number of tetrazole rings is 1. The fourth-order valence-corrected chi connectivity index (χ4v) is 5.01. The van der Waals surface area contributed by atoms with E-state index >= 15 is 0 Å². The fourth-order valence-electron chi connectivity index (χ4n) is 2.94. The maximum Gasteiger partial charge on any atom is 0.225 e. The number of nitrogens with zero attached hydrogens (tertiary/aromatic N) is 4. The van der Waals surface area contributed by atoms with E-state index in [-0.39, 0.29) is 17.5 Å². The molecule has 0 bridgehead atoms. The molecule has 1 aliphatic heterocycles. The van der Waals surface area contributed by atoms with Gasteiger partial charge < -0.3 is 4.90 Å². The second-order valence-electron chi connectivity index (χ2n) is 5.78. The third kappa shape index (κ3) is 3.51. The number of quaternary nitrogens is 1. The normalized spacial score (nSPS) is 21.3. The highest BCUT2D eigenvalue weighted by atomic mass is 32.2. The molecular formula is C14H20N5O2S2+. The average Bonchev–Trinajstić information content (AvgIpc) is 3.08. The number of benzene rings is 1. The van der Waals surface area contributed by atoms with Crippen LogP contribution in [-0.4, -0.2) is 52.3 Å². The summed E-state index contributed by atoms with van der Waals surface area (Å²) >= 11 is 5.46. The van der Waals surface area contributed by atoms with Gasteiger partial charge in [0.15, 0.2) is 16.5 Å². The van der Waals surface area contributed by atoms with Crippen molar-refractivity contribution in [3.63, 3.8) is 0 Å². The van der Waals surface area contributed by atoms with Crippen molar-refractivity contribution >= 4 is 22.1 Å². The Labute approximate surface area is 140 Å². The molecule has 0 amide bonds. The summed E-state index contributed by atoms with van der Waals surface area (Å²) in [5.74, 6) is 0.527. The van der Waals surface area contributed by atoms with Crippen molar-refractivity contribution in [3.05, 3.63) is 35.1 Å². The monoisotopic (exact) mass is 354 g/mol. The van der Waals surface area contributed by atoms with Gasteiger partial charge in [-0.1, -0.05) is 18.2 Å². The van der Waals surface area contributed by atoms with E-state index < -0.39 is 9.84 Å². The molecule has 1 fully saturated rings. The minimum Gasteiger partial charge on any atom is -0.313 e. The van der Waals surface area contributed by atoms with E-state index in [9.17, 15) is 8.42 Å². The van der Waals surface area contributed by atoms with Crippen molar-refractivity contribution in [2.75, 3.05) is 18.1 Å². The van der Waals surface area contributed by atoms with E-state index in [1.807, 2.05) is 37.3 Å². The summed E-state index contributed by atoms with van der Waals surface area (Å²) in [6.07, 6.45) is 0.700. The number of rotatable bonds is 5. The molecule has 0 radical (unpaired) electrons. The average molecular weight is 354 g/mol. The van der Waals surface area contributed by atoms with Crippen LogP contribution in [0.1, 0.15) is 13.3 Å². The zero-order valence-corrected chi connectivity index (χ0v) is 14.6. The van der Waals surface area contributed by atoms with E-state index in [2.05, 4.69) is 10.4 Å². The summed E-state index contributed by atoms with van der Waals surface area (Å²) < 4.78 is 27.2. The Hall–Kier alpha value is -1.58. The van der Waals surface area contributed by atoms with Crippen LogP contribution < -0.4 is 4.90 Å². The van der Waals surface area contributed by atoms with Crippen LogP contribution in [0.2, 0.25) is 0 Å². The maximum absolute atomic E-state index is 11.7. The summed E-state index contributed by atoms with van der Waals surface area (Å²) in [7, 11) is -2.89. The van der Waals surface area contributed by atoms with Gasteiger partial charge in [-0.3, -0.25) is 0 Å². The quantitative estimate of drug-likeness (QED) is 0.756. The van der Waals surface area contributed by atoms with Crippen molar-refractivity contribution in [2.24, 2.45) is 0 Å². The first-order valence-electron chi connectivity index (χ1n) is 7.63. The highest BCUT2D eigenvalue weighted by Gasteiger charge is 2.35. The van der Waals surface area contributed by atoms with Crippen molar-refractivity contribution in [2.45, 2.75) is 26.1 Å². The van der Waals surface area contributed by atoms with Gasteiger partial charge in [-0.2, -0.15) is 9.36 Å². The van der Waals surface area contributed by atoms with Gasteiger partial charge in [0, 0.05) is 6.42 Å². The van der Waals surface area contributed by atoms with Gasteiger partial charge >= 0.3 is 0 Å². The van der Waals surface area contributed by atoms with Crippen LogP contribution in [0.5, 0.6) is 0 Å². The molecule has 9 heteroatoms. The van der Waals surface area contributed by atoms with E-state index in [0.29, 0.717) is 17.9 Å². The lowest BCUT2D eigenvalue weighted by Gasteiger charge is -2.22. The van der Waals surface area contributed by atoms with Crippen molar-refractivity contribution in [1.82, 2.24) is 19.8 Å². The zero-order valence-electron chi connectivity index (χ0n) is 12.9. The third-order valence-electron chi connectivity index (χ3n) is 4.26. The molecule has 3 rings (SSSR count). The largest absolute Gasteiger partial charge is 0.313 e. The lowest BCUT2D eigenvalue weighted by molar-refractivity contribution is -0.943. The van der Waals surface area contributed by atoms with Gasteiger partial charge in [0.05, 0.1) is 18.0 Å². The Morgan fingerprint density at radius 2 is 2.04 bits per heavy atom. The van der Waals surface area contributed by atoms with E-state index in [0.717, 1.165) is 12.2 Å². The Morgan fingerprint density at radius 1 is 1.30 bits per heavy atom. The molecule has 2 heterocycles. The molecule has 1 N–H and O–H groups in total. The van der Waals surface area contributed by atoms with Gasteiger partial charge in [0.25, 0.3) is 0 Å². The number of hydrogen-bond acceptors (Lipinski definition) is 5. The minimum absolute atomic E-state index is 0.105. The van der Waals surface area contributed by atoms with Crippen molar-refractivity contribution in [1.29, 1.82) is 0 Å². The van der Waals surface area contributed by atoms with Crippen LogP contribution >= 0.6 is 12.2 Å². The SMILES string of the molecule is CC[NH+](Cn1nnn(-c2ccccc2)c1=S)[C@H]1CCS(=O)(=O)C1. The Balaban J connectivity index is 1.80. The molecule has 2 aromatic rings. The molecule has 1 aromatic heterocycles. The standard InChI is InChI=1S/C14H19N5O2S2/c1-2-17(13-8-9-23(20,21)10-13)11-18-14(22)19(16-15-18)12-6-4-3-5-7-12/h3-7,13H,2,8-11H2,1H3/p+1/t13-/m0/s1. The Kier molecular flexibility index (Phi) is 4.60. The third-order valence-corrected chi connectivity index (χ3v) is 6.41. The fraction of sp³-hybridized carbons (Fsp3) is 0.500. The highest BCUT2D eigenvalue weighted by molar-refractivity contribution is 7.91. The molecule has 124 valence electrons. The molecule has 0 saturated carbocycles. The second kappa shape index (κ2) is 6.50. The zero-order chi connectivity index (χ0) is 16.4.